The summed E-state index contributed by atoms with van der Waals surface area (Å²) in [6, 6.07) is 10.7. The van der Waals surface area contributed by atoms with Crippen LogP contribution in [0.4, 0.5) is 15.8 Å². The fourth-order valence-electron chi connectivity index (χ4n) is 2.44. The van der Waals surface area contributed by atoms with Crippen molar-refractivity contribution in [1.29, 1.82) is 0 Å². The van der Waals surface area contributed by atoms with Crippen LogP contribution in [0, 0.1) is 5.82 Å². The molecule has 0 radical (unpaired) electrons. The second kappa shape index (κ2) is 6.49. The van der Waals surface area contributed by atoms with Crippen LogP contribution in [0.2, 0.25) is 5.02 Å². The van der Waals surface area contributed by atoms with Crippen molar-refractivity contribution < 1.29 is 18.7 Å². The van der Waals surface area contributed by atoms with E-state index in [-0.39, 0.29) is 18.1 Å². The predicted molar refractivity (Wildman–Crippen MR) is 88.9 cm³/mol. The van der Waals surface area contributed by atoms with E-state index in [4.69, 9.17) is 16.3 Å². The molecule has 0 saturated carbocycles. The van der Waals surface area contributed by atoms with Crippen molar-refractivity contribution in [2.75, 3.05) is 16.8 Å². The zero-order valence-corrected chi connectivity index (χ0v) is 13.5. The summed E-state index contributed by atoms with van der Waals surface area (Å²) < 4.78 is 19.1. The maximum Gasteiger partial charge on any atom is 0.268 e. The minimum Gasteiger partial charge on any atom is -0.479 e. The summed E-state index contributed by atoms with van der Waals surface area (Å²) >= 11 is 5.97. The number of nitrogens with one attached hydrogen (secondary N) is 1. The van der Waals surface area contributed by atoms with Gasteiger partial charge in [-0.1, -0.05) is 23.7 Å². The Morgan fingerprint density at radius 2 is 2.08 bits per heavy atom. The Labute approximate surface area is 143 Å². The SMILES string of the molecule is CC1Oc2ccc(Cl)cc2N(CC(=O)Nc2ccccc2F)C1=O. The monoisotopic (exact) mass is 348 g/mol. The van der Waals surface area contributed by atoms with Crippen molar-refractivity contribution in [2.45, 2.75) is 13.0 Å². The Bertz CT molecular complexity index is 812. The molecule has 124 valence electrons. The van der Waals surface area contributed by atoms with Gasteiger partial charge in [-0.05, 0) is 37.3 Å². The summed E-state index contributed by atoms with van der Waals surface area (Å²) in [5, 5.41) is 2.87. The molecule has 0 saturated heterocycles. The Balaban J connectivity index is 1.83. The van der Waals surface area contributed by atoms with Gasteiger partial charge >= 0.3 is 0 Å². The molecule has 1 heterocycles. The minimum atomic E-state index is -0.722. The van der Waals surface area contributed by atoms with Crippen LogP contribution in [0.1, 0.15) is 6.92 Å². The lowest BCUT2D eigenvalue weighted by Crippen LogP contribution is -2.47. The van der Waals surface area contributed by atoms with Crippen molar-refractivity contribution in [2.24, 2.45) is 0 Å². The standard InChI is InChI=1S/C17H14ClFN2O3/c1-10-17(23)21(14-8-11(18)6-7-15(14)24-10)9-16(22)20-13-5-3-2-4-12(13)19/h2-8,10H,9H2,1H3,(H,20,22). The van der Waals surface area contributed by atoms with Gasteiger partial charge in [0.25, 0.3) is 5.91 Å². The maximum absolute atomic E-state index is 13.6. The molecule has 3 rings (SSSR count). The van der Waals surface area contributed by atoms with Crippen LogP contribution in [0.15, 0.2) is 42.5 Å². The first-order chi connectivity index (χ1) is 11.5. The molecule has 7 heteroatoms. The first-order valence-corrected chi connectivity index (χ1v) is 7.65. The van der Waals surface area contributed by atoms with Crippen LogP contribution in [-0.4, -0.2) is 24.5 Å². The second-order valence-corrected chi connectivity index (χ2v) is 5.76. The molecule has 1 unspecified atom stereocenters. The molecular formula is C17H14ClFN2O3. The molecule has 5 nitrogen and oxygen atoms in total. The zero-order valence-electron chi connectivity index (χ0n) is 12.8. The van der Waals surface area contributed by atoms with Crippen LogP contribution >= 0.6 is 11.6 Å². The van der Waals surface area contributed by atoms with Gasteiger partial charge in [0.05, 0.1) is 11.4 Å². The van der Waals surface area contributed by atoms with E-state index in [1.54, 1.807) is 31.2 Å². The Hall–Kier alpha value is -2.60. The third kappa shape index (κ3) is 3.19. The van der Waals surface area contributed by atoms with E-state index < -0.39 is 17.8 Å². The lowest BCUT2D eigenvalue weighted by atomic mass is 10.2. The molecule has 24 heavy (non-hydrogen) atoms. The van der Waals surface area contributed by atoms with Gasteiger partial charge in [0.1, 0.15) is 18.1 Å². The summed E-state index contributed by atoms with van der Waals surface area (Å²) in [6.45, 7) is 1.33. The highest BCUT2D eigenvalue weighted by molar-refractivity contribution is 6.31. The lowest BCUT2D eigenvalue weighted by molar-refractivity contribution is -0.127. The molecule has 0 aliphatic carbocycles. The molecule has 2 amide bonds. The van der Waals surface area contributed by atoms with Gasteiger partial charge in [-0.15, -0.1) is 0 Å². The first kappa shape index (κ1) is 16.3. The molecule has 0 spiro atoms. The maximum atomic E-state index is 13.6. The zero-order chi connectivity index (χ0) is 17.3. The van der Waals surface area contributed by atoms with E-state index in [9.17, 15) is 14.0 Å². The molecule has 1 N–H and O–H groups in total. The van der Waals surface area contributed by atoms with Gasteiger partial charge in [-0.2, -0.15) is 0 Å². The molecular weight excluding hydrogens is 335 g/mol. The van der Waals surface area contributed by atoms with Crippen molar-refractivity contribution >= 4 is 34.8 Å². The summed E-state index contributed by atoms with van der Waals surface area (Å²) in [7, 11) is 0. The van der Waals surface area contributed by atoms with Crippen molar-refractivity contribution in [3.63, 3.8) is 0 Å². The van der Waals surface area contributed by atoms with Gasteiger partial charge < -0.3 is 10.1 Å². The molecule has 1 aliphatic rings. The number of fused-ring (bicyclic) bond motifs is 1. The van der Waals surface area contributed by atoms with Crippen molar-refractivity contribution in [1.82, 2.24) is 0 Å². The van der Waals surface area contributed by atoms with Gasteiger partial charge in [0, 0.05) is 5.02 Å². The number of hydrogen-bond acceptors (Lipinski definition) is 3. The van der Waals surface area contributed by atoms with E-state index >= 15 is 0 Å². The van der Waals surface area contributed by atoms with Gasteiger partial charge in [0.2, 0.25) is 5.91 Å². The van der Waals surface area contributed by atoms with Crippen LogP contribution in [-0.2, 0) is 9.59 Å². The Morgan fingerprint density at radius 3 is 2.83 bits per heavy atom. The highest BCUT2D eigenvalue weighted by Crippen LogP contribution is 2.36. The summed E-state index contributed by atoms with van der Waals surface area (Å²) in [6.07, 6.45) is -0.722. The second-order valence-electron chi connectivity index (χ2n) is 5.32. The Morgan fingerprint density at radius 1 is 1.33 bits per heavy atom. The first-order valence-electron chi connectivity index (χ1n) is 7.27. The number of ether oxygens (including phenoxy) is 1. The van der Waals surface area contributed by atoms with Crippen molar-refractivity contribution in [3.05, 3.63) is 53.3 Å². The molecule has 2 aromatic rings. The molecule has 0 bridgehead atoms. The van der Waals surface area contributed by atoms with E-state index in [1.807, 2.05) is 0 Å². The molecule has 0 aromatic heterocycles. The number of rotatable bonds is 3. The number of anilines is 2. The third-order valence-corrected chi connectivity index (χ3v) is 3.81. The normalized spacial score (nSPS) is 16.4. The number of halogens is 2. The molecule has 0 fully saturated rings. The summed E-state index contributed by atoms with van der Waals surface area (Å²) in [5.74, 6) is -0.969. The summed E-state index contributed by atoms with van der Waals surface area (Å²) in [4.78, 5) is 25.9. The average Bonchev–Trinajstić information content (AvgIpc) is 2.55. The van der Waals surface area contributed by atoms with Gasteiger partial charge in [0.15, 0.2) is 6.10 Å². The molecule has 2 aromatic carbocycles. The van der Waals surface area contributed by atoms with Gasteiger partial charge in [-0.3, -0.25) is 14.5 Å². The van der Waals surface area contributed by atoms with E-state index in [0.717, 1.165) is 0 Å². The fraction of sp³-hybridized carbons (Fsp3) is 0.176. The highest BCUT2D eigenvalue weighted by Gasteiger charge is 2.33. The van der Waals surface area contributed by atoms with Crippen LogP contribution in [0.3, 0.4) is 0 Å². The van der Waals surface area contributed by atoms with Crippen LogP contribution in [0.25, 0.3) is 0 Å². The Kier molecular flexibility index (Phi) is 4.40. The number of benzene rings is 2. The molecule has 1 aliphatic heterocycles. The molecule has 1 atom stereocenters. The smallest absolute Gasteiger partial charge is 0.268 e. The highest BCUT2D eigenvalue weighted by atomic mass is 35.5. The lowest BCUT2D eigenvalue weighted by Gasteiger charge is -2.32. The number of carbonyl (C=O) groups excluding carboxylic acids is 2. The number of carbonyl (C=O) groups is 2. The van der Waals surface area contributed by atoms with Gasteiger partial charge in [-0.25, -0.2) is 4.39 Å². The van der Waals surface area contributed by atoms with E-state index in [2.05, 4.69) is 5.32 Å². The third-order valence-electron chi connectivity index (χ3n) is 3.58. The van der Waals surface area contributed by atoms with Crippen molar-refractivity contribution in [3.8, 4) is 5.75 Å². The fourth-order valence-corrected chi connectivity index (χ4v) is 2.61. The number of amides is 2. The average molecular weight is 349 g/mol. The van der Waals surface area contributed by atoms with E-state index in [0.29, 0.717) is 16.5 Å². The number of para-hydroxylation sites is 1. The van der Waals surface area contributed by atoms with Crippen LogP contribution in [0.5, 0.6) is 5.75 Å². The topological polar surface area (TPSA) is 58.6 Å². The largest absolute Gasteiger partial charge is 0.479 e. The quantitative estimate of drug-likeness (QED) is 0.926. The number of hydrogen-bond donors (Lipinski definition) is 1. The van der Waals surface area contributed by atoms with E-state index in [1.165, 1.54) is 23.1 Å². The minimum absolute atomic E-state index is 0.0579. The van der Waals surface area contributed by atoms with Crippen LogP contribution < -0.4 is 15.0 Å². The summed E-state index contributed by atoms with van der Waals surface area (Å²) in [5.41, 5.74) is 0.469. The number of nitrogens with zero attached hydrogens (tertiary/aromatic N) is 1. The predicted octanol–water partition coefficient (Wildman–Crippen LogP) is 3.23.